The number of carboxylic acid groups (broad SMARTS) is 1. The van der Waals surface area contributed by atoms with E-state index in [2.05, 4.69) is 0 Å². The van der Waals surface area contributed by atoms with Gasteiger partial charge in [-0.1, -0.05) is 24.3 Å². The third-order valence-corrected chi connectivity index (χ3v) is 4.26. The molecular weight excluding hydrogens is 346 g/mol. The number of amidine groups is 1. The molecule has 2 aromatic carbocycles. The summed E-state index contributed by atoms with van der Waals surface area (Å²) in [7, 11) is 0. The molecule has 3 rings (SSSR count). The summed E-state index contributed by atoms with van der Waals surface area (Å²) < 4.78 is 5.61. The number of aliphatic carboxylic acids is 1. The first-order valence-corrected chi connectivity index (χ1v) is 8.35. The van der Waals surface area contributed by atoms with Crippen molar-refractivity contribution in [3.8, 4) is 5.75 Å². The molecule has 0 saturated heterocycles. The van der Waals surface area contributed by atoms with E-state index in [-0.39, 0.29) is 18.3 Å². The van der Waals surface area contributed by atoms with E-state index in [1.54, 1.807) is 42.7 Å². The molecule has 7 nitrogen and oxygen atoms in total. The minimum atomic E-state index is -1.02. The number of amides is 1. The number of nitrogens with zero attached hydrogens (tertiary/aromatic N) is 1. The molecule has 27 heavy (non-hydrogen) atoms. The Balaban J connectivity index is 1.66. The van der Waals surface area contributed by atoms with E-state index in [1.165, 1.54) is 4.90 Å². The second-order valence-corrected chi connectivity index (χ2v) is 6.15. The Bertz CT molecular complexity index is 919. The first kappa shape index (κ1) is 18.2. The number of nitrogen functional groups attached to an aromatic ring is 1. The van der Waals surface area contributed by atoms with Crippen LogP contribution in [0.15, 0.2) is 48.7 Å². The summed E-state index contributed by atoms with van der Waals surface area (Å²) in [6, 6.07) is 12.3. The van der Waals surface area contributed by atoms with Gasteiger partial charge >= 0.3 is 5.97 Å². The van der Waals surface area contributed by atoms with E-state index >= 15 is 0 Å². The number of hydrogen-bond acceptors (Lipinski definition) is 4. The minimum absolute atomic E-state index is 0.0207. The molecule has 0 atom stereocenters. The highest BCUT2D eigenvalue weighted by molar-refractivity contribution is 5.98. The number of ether oxygens (including phenoxy) is 1. The van der Waals surface area contributed by atoms with Crippen LogP contribution in [0, 0.1) is 5.41 Å². The number of carbonyl (C=O) groups excluding carboxylic acids is 1. The summed E-state index contributed by atoms with van der Waals surface area (Å²) in [6.07, 6.45) is 3.91. The van der Waals surface area contributed by atoms with Crippen LogP contribution >= 0.6 is 0 Å². The van der Waals surface area contributed by atoms with Crippen molar-refractivity contribution in [2.24, 2.45) is 5.73 Å². The maximum atomic E-state index is 12.3. The molecule has 0 aromatic heterocycles. The number of fused-ring (bicyclic) bond motifs is 1. The molecule has 1 aliphatic heterocycles. The van der Waals surface area contributed by atoms with Gasteiger partial charge in [0.2, 0.25) is 0 Å². The number of benzene rings is 2. The van der Waals surface area contributed by atoms with Crippen molar-refractivity contribution in [2.45, 2.75) is 6.42 Å². The normalized spacial score (nSPS) is 13.5. The zero-order chi connectivity index (χ0) is 19.4. The van der Waals surface area contributed by atoms with Crippen LogP contribution in [-0.2, 0) is 11.2 Å². The lowest BCUT2D eigenvalue weighted by atomic mass is 9.98. The summed E-state index contributed by atoms with van der Waals surface area (Å²) in [4.78, 5) is 24.5. The van der Waals surface area contributed by atoms with Crippen LogP contribution in [0.4, 0.5) is 0 Å². The fourth-order valence-electron chi connectivity index (χ4n) is 2.87. The quantitative estimate of drug-likeness (QED) is 0.412. The van der Waals surface area contributed by atoms with Crippen LogP contribution in [0.5, 0.6) is 5.75 Å². The van der Waals surface area contributed by atoms with E-state index < -0.39 is 5.97 Å². The highest BCUT2D eigenvalue weighted by Crippen LogP contribution is 2.24. The second kappa shape index (κ2) is 7.74. The summed E-state index contributed by atoms with van der Waals surface area (Å²) in [5.41, 5.74) is 8.34. The standard InChI is InChI=1S/C20H19N3O4/c21-19(22)14-3-1-13(2-4-14)8-10-27-16-5-6-17-15(11-16)7-9-23(20(17)26)12-18(24)25/h1-6,8,10-11H,7,9,12H2,(H3,21,22)(H,24,25)/b10-8-. The van der Waals surface area contributed by atoms with Gasteiger partial charge in [0.25, 0.3) is 5.91 Å². The topological polar surface area (TPSA) is 117 Å². The fourth-order valence-corrected chi connectivity index (χ4v) is 2.87. The molecule has 0 aliphatic carbocycles. The molecule has 7 heteroatoms. The van der Waals surface area contributed by atoms with Crippen molar-refractivity contribution in [3.63, 3.8) is 0 Å². The van der Waals surface area contributed by atoms with Gasteiger partial charge in [0.15, 0.2) is 0 Å². The Labute approximate surface area is 156 Å². The Kier molecular flexibility index (Phi) is 5.21. The average Bonchev–Trinajstić information content (AvgIpc) is 2.64. The monoisotopic (exact) mass is 365 g/mol. The van der Waals surface area contributed by atoms with E-state index in [0.717, 1.165) is 11.1 Å². The number of nitrogens with two attached hydrogens (primary N) is 1. The van der Waals surface area contributed by atoms with Crippen LogP contribution < -0.4 is 10.5 Å². The summed E-state index contributed by atoms with van der Waals surface area (Å²) in [6.45, 7) is 0.0849. The van der Waals surface area contributed by atoms with E-state index in [0.29, 0.717) is 29.8 Å². The summed E-state index contributed by atoms with van der Waals surface area (Å²) in [5, 5.41) is 16.2. The number of hydrogen-bond donors (Lipinski definition) is 3. The first-order chi connectivity index (χ1) is 12.9. The van der Waals surface area contributed by atoms with Crippen LogP contribution in [-0.4, -0.2) is 40.8 Å². The molecule has 0 unspecified atom stereocenters. The molecule has 0 spiro atoms. The minimum Gasteiger partial charge on any atom is -0.480 e. The predicted molar refractivity (Wildman–Crippen MR) is 101 cm³/mol. The predicted octanol–water partition coefficient (Wildman–Crippen LogP) is 2.10. The van der Waals surface area contributed by atoms with Gasteiger partial charge in [0.05, 0.1) is 6.26 Å². The van der Waals surface area contributed by atoms with Gasteiger partial charge in [-0.05, 0) is 41.8 Å². The Morgan fingerprint density at radius 3 is 2.67 bits per heavy atom. The smallest absolute Gasteiger partial charge is 0.323 e. The van der Waals surface area contributed by atoms with Crippen molar-refractivity contribution >= 4 is 23.8 Å². The van der Waals surface area contributed by atoms with Gasteiger partial charge in [-0.3, -0.25) is 15.0 Å². The zero-order valence-electron chi connectivity index (χ0n) is 14.5. The van der Waals surface area contributed by atoms with Crippen molar-refractivity contribution in [1.29, 1.82) is 5.41 Å². The number of rotatable bonds is 6. The molecule has 138 valence electrons. The first-order valence-electron chi connectivity index (χ1n) is 8.35. The molecule has 1 heterocycles. The van der Waals surface area contributed by atoms with E-state index in [9.17, 15) is 9.59 Å². The maximum Gasteiger partial charge on any atom is 0.323 e. The summed E-state index contributed by atoms with van der Waals surface area (Å²) in [5.74, 6) is -0.670. The lowest BCUT2D eigenvalue weighted by Gasteiger charge is -2.27. The molecule has 0 fully saturated rings. The van der Waals surface area contributed by atoms with Crippen LogP contribution in [0.3, 0.4) is 0 Å². The number of carbonyl (C=O) groups is 2. The van der Waals surface area contributed by atoms with Gasteiger partial charge in [0.1, 0.15) is 18.1 Å². The second-order valence-electron chi connectivity index (χ2n) is 6.15. The maximum absolute atomic E-state index is 12.3. The highest BCUT2D eigenvalue weighted by atomic mass is 16.5. The molecule has 2 aromatic rings. The molecule has 0 radical (unpaired) electrons. The molecule has 1 aliphatic rings. The van der Waals surface area contributed by atoms with Crippen LogP contribution in [0.25, 0.3) is 6.08 Å². The number of nitrogens with one attached hydrogen (secondary N) is 1. The molecule has 1 amide bonds. The average molecular weight is 365 g/mol. The Morgan fingerprint density at radius 1 is 1.26 bits per heavy atom. The molecular formula is C20H19N3O4. The largest absolute Gasteiger partial charge is 0.480 e. The van der Waals surface area contributed by atoms with E-state index in [1.807, 2.05) is 12.1 Å². The van der Waals surface area contributed by atoms with Crippen LogP contribution in [0.2, 0.25) is 0 Å². The van der Waals surface area contributed by atoms with Crippen LogP contribution in [0.1, 0.15) is 27.0 Å². The molecule has 0 bridgehead atoms. The SMILES string of the molecule is N=C(N)c1ccc(/C=C\Oc2ccc3c(c2)CCN(CC(=O)O)C3=O)cc1. The van der Waals surface area contributed by atoms with Gasteiger partial charge < -0.3 is 20.5 Å². The van der Waals surface area contributed by atoms with Gasteiger partial charge in [-0.25, -0.2) is 0 Å². The molecule has 0 saturated carbocycles. The van der Waals surface area contributed by atoms with Gasteiger partial charge in [-0.15, -0.1) is 0 Å². The fraction of sp³-hybridized carbons (Fsp3) is 0.150. The van der Waals surface area contributed by atoms with E-state index in [4.69, 9.17) is 21.0 Å². The number of carboxylic acids is 1. The van der Waals surface area contributed by atoms with Gasteiger partial charge in [0, 0.05) is 17.7 Å². The lowest BCUT2D eigenvalue weighted by molar-refractivity contribution is -0.137. The Morgan fingerprint density at radius 2 is 2.00 bits per heavy atom. The summed E-state index contributed by atoms with van der Waals surface area (Å²) >= 11 is 0. The molecule has 4 N–H and O–H groups in total. The third kappa shape index (κ3) is 4.33. The van der Waals surface area contributed by atoms with Crippen molar-refractivity contribution in [2.75, 3.05) is 13.1 Å². The zero-order valence-corrected chi connectivity index (χ0v) is 14.5. The highest BCUT2D eigenvalue weighted by Gasteiger charge is 2.25. The lowest BCUT2D eigenvalue weighted by Crippen LogP contribution is -2.40. The third-order valence-electron chi connectivity index (χ3n) is 4.26. The van der Waals surface area contributed by atoms with Gasteiger partial charge in [-0.2, -0.15) is 0 Å². The van der Waals surface area contributed by atoms with Crippen molar-refractivity contribution in [3.05, 3.63) is 71.0 Å². The Hall–Kier alpha value is -3.61. The van der Waals surface area contributed by atoms with Crippen molar-refractivity contribution in [1.82, 2.24) is 4.90 Å². The van der Waals surface area contributed by atoms with Crippen molar-refractivity contribution < 1.29 is 19.4 Å².